The van der Waals surface area contributed by atoms with Crippen molar-refractivity contribution in [3.8, 4) is 0 Å². The van der Waals surface area contributed by atoms with Gasteiger partial charge in [0.25, 0.3) is 0 Å². The summed E-state index contributed by atoms with van der Waals surface area (Å²) in [5, 5.41) is 0. The first-order valence-electron chi connectivity index (χ1n) is 10.6. The number of carbonyl (C=O) groups is 2. The SMILES string of the molecule is CCC(COC)(COC(=O)C1CC2CC(C1)O2)COC(=O)C1CCC2OC2C1. The number of esters is 2. The van der Waals surface area contributed by atoms with E-state index in [-0.39, 0.29) is 55.3 Å². The summed E-state index contributed by atoms with van der Waals surface area (Å²) >= 11 is 0. The normalized spacial score (nSPS) is 37.8. The van der Waals surface area contributed by atoms with Crippen molar-refractivity contribution in [2.45, 2.75) is 76.3 Å². The Hall–Kier alpha value is -1.18. The summed E-state index contributed by atoms with van der Waals surface area (Å²) in [5.41, 5.74) is -0.512. The van der Waals surface area contributed by atoms with E-state index >= 15 is 0 Å². The van der Waals surface area contributed by atoms with Gasteiger partial charge in [0, 0.05) is 7.11 Å². The van der Waals surface area contributed by atoms with Crippen LogP contribution in [-0.4, -0.2) is 63.3 Å². The van der Waals surface area contributed by atoms with Crippen molar-refractivity contribution < 1.29 is 33.3 Å². The van der Waals surface area contributed by atoms with Gasteiger partial charge in [-0.25, -0.2) is 0 Å². The summed E-state index contributed by atoms with van der Waals surface area (Å²) in [6, 6.07) is 0. The Balaban J connectivity index is 1.27. The van der Waals surface area contributed by atoms with Crippen LogP contribution in [0.1, 0.15) is 51.9 Å². The van der Waals surface area contributed by atoms with Crippen LogP contribution in [0.15, 0.2) is 0 Å². The third-order valence-corrected chi connectivity index (χ3v) is 6.92. The highest BCUT2D eigenvalue weighted by Gasteiger charge is 2.47. The van der Waals surface area contributed by atoms with E-state index in [0.717, 1.165) is 38.5 Å². The molecule has 3 saturated heterocycles. The minimum absolute atomic E-state index is 0.0779. The zero-order chi connectivity index (χ0) is 19.7. The number of hydrogen-bond acceptors (Lipinski definition) is 7. The summed E-state index contributed by atoms with van der Waals surface area (Å²) < 4.78 is 27.8. The Bertz CT molecular complexity index is 552. The molecule has 5 rings (SSSR count). The molecule has 6 atom stereocenters. The van der Waals surface area contributed by atoms with E-state index in [1.165, 1.54) is 0 Å². The predicted octanol–water partition coefficient (Wildman–Crippen LogP) is 2.25. The van der Waals surface area contributed by atoms with Crippen molar-refractivity contribution >= 4 is 11.9 Å². The van der Waals surface area contributed by atoms with Gasteiger partial charge in [-0.3, -0.25) is 9.59 Å². The van der Waals surface area contributed by atoms with Crippen LogP contribution in [0.4, 0.5) is 0 Å². The molecule has 3 heterocycles. The first kappa shape index (κ1) is 20.1. The largest absolute Gasteiger partial charge is 0.465 e. The van der Waals surface area contributed by atoms with Gasteiger partial charge in [-0.15, -0.1) is 0 Å². The maximum Gasteiger partial charge on any atom is 0.309 e. The summed E-state index contributed by atoms with van der Waals surface area (Å²) in [5.74, 6) is -0.496. The standard InChI is InChI=1S/C21H32O7/c1-3-21(10-24-2,11-25-19(22)13-4-5-17-18(8-13)28-17)12-26-20(23)14-6-15-9-16(7-14)27-15/h13-18H,3-12H2,1-2H3. The average Bonchev–Trinajstić information content (AvgIpc) is 3.48. The molecule has 5 aliphatic rings. The lowest BCUT2D eigenvalue weighted by Crippen LogP contribution is -2.48. The second-order valence-electron chi connectivity index (χ2n) is 9.01. The first-order chi connectivity index (χ1) is 13.5. The highest BCUT2D eigenvalue weighted by atomic mass is 16.6. The Kier molecular flexibility index (Phi) is 5.95. The van der Waals surface area contributed by atoms with E-state index in [4.69, 9.17) is 23.7 Å². The molecule has 5 fully saturated rings. The van der Waals surface area contributed by atoms with Crippen molar-refractivity contribution in [3.63, 3.8) is 0 Å². The summed E-state index contributed by atoms with van der Waals surface area (Å²) in [4.78, 5) is 25.0. The van der Waals surface area contributed by atoms with Crippen LogP contribution in [-0.2, 0) is 33.3 Å². The number of rotatable bonds is 9. The van der Waals surface area contributed by atoms with Crippen molar-refractivity contribution in [2.24, 2.45) is 17.3 Å². The fourth-order valence-electron chi connectivity index (χ4n) is 4.82. The van der Waals surface area contributed by atoms with E-state index < -0.39 is 5.41 Å². The molecule has 0 radical (unpaired) electrons. The van der Waals surface area contributed by atoms with Gasteiger partial charge in [-0.05, 0) is 44.9 Å². The van der Waals surface area contributed by atoms with Gasteiger partial charge in [0.1, 0.15) is 13.2 Å². The highest BCUT2D eigenvalue weighted by Crippen LogP contribution is 2.40. The zero-order valence-electron chi connectivity index (χ0n) is 16.9. The van der Waals surface area contributed by atoms with E-state index in [0.29, 0.717) is 19.1 Å². The van der Waals surface area contributed by atoms with Crippen LogP contribution < -0.4 is 0 Å². The minimum atomic E-state index is -0.512. The number of methoxy groups -OCH3 is 1. The van der Waals surface area contributed by atoms with E-state index in [1.807, 2.05) is 6.92 Å². The molecule has 3 aliphatic heterocycles. The highest BCUT2D eigenvalue weighted by molar-refractivity contribution is 5.73. The van der Waals surface area contributed by atoms with Crippen molar-refractivity contribution in [1.29, 1.82) is 0 Å². The van der Waals surface area contributed by atoms with Crippen LogP contribution >= 0.6 is 0 Å². The lowest BCUT2D eigenvalue weighted by molar-refractivity contribution is -0.192. The monoisotopic (exact) mass is 396 g/mol. The Labute approximate surface area is 166 Å². The second kappa shape index (κ2) is 8.28. The van der Waals surface area contributed by atoms with Gasteiger partial charge in [0.15, 0.2) is 0 Å². The van der Waals surface area contributed by atoms with Crippen LogP contribution in [0.25, 0.3) is 0 Å². The molecule has 0 aromatic rings. The Morgan fingerprint density at radius 3 is 2.07 bits per heavy atom. The van der Waals surface area contributed by atoms with Gasteiger partial charge in [0.2, 0.25) is 0 Å². The van der Waals surface area contributed by atoms with Crippen molar-refractivity contribution in [1.82, 2.24) is 0 Å². The van der Waals surface area contributed by atoms with E-state index in [2.05, 4.69) is 0 Å². The summed E-state index contributed by atoms with van der Waals surface area (Å²) in [7, 11) is 1.62. The molecule has 0 aromatic carbocycles. The fraction of sp³-hybridized carbons (Fsp3) is 0.905. The van der Waals surface area contributed by atoms with Gasteiger partial charge in [-0.1, -0.05) is 6.92 Å². The lowest BCUT2D eigenvalue weighted by Gasteiger charge is -2.44. The zero-order valence-corrected chi connectivity index (χ0v) is 16.9. The maximum absolute atomic E-state index is 12.5. The van der Waals surface area contributed by atoms with Gasteiger partial charge in [0.05, 0.1) is 48.3 Å². The van der Waals surface area contributed by atoms with Gasteiger partial charge in [-0.2, -0.15) is 0 Å². The third-order valence-electron chi connectivity index (χ3n) is 6.92. The number of hydrogen-bond donors (Lipinski definition) is 0. The third kappa shape index (κ3) is 4.36. The van der Waals surface area contributed by atoms with Gasteiger partial charge < -0.3 is 23.7 Å². The van der Waals surface area contributed by atoms with E-state index in [1.54, 1.807) is 7.11 Å². The minimum Gasteiger partial charge on any atom is -0.465 e. The van der Waals surface area contributed by atoms with Crippen LogP contribution in [0, 0.1) is 17.3 Å². The van der Waals surface area contributed by atoms with Crippen LogP contribution in [0.2, 0.25) is 0 Å². The molecule has 0 N–H and O–H groups in total. The Morgan fingerprint density at radius 1 is 0.857 bits per heavy atom. The first-order valence-corrected chi connectivity index (χ1v) is 10.6. The van der Waals surface area contributed by atoms with Crippen LogP contribution in [0.5, 0.6) is 0 Å². The average molecular weight is 396 g/mol. The predicted molar refractivity (Wildman–Crippen MR) is 98.5 cm³/mol. The molecule has 7 heteroatoms. The molecular formula is C21H32O7. The molecule has 2 saturated carbocycles. The summed E-state index contributed by atoms with van der Waals surface area (Å²) in [6.45, 7) is 2.79. The molecular weight excluding hydrogens is 364 g/mol. The number of carbonyl (C=O) groups excluding carboxylic acids is 2. The Morgan fingerprint density at radius 2 is 1.50 bits per heavy atom. The molecule has 0 aromatic heterocycles. The molecule has 2 bridgehead atoms. The molecule has 28 heavy (non-hydrogen) atoms. The lowest BCUT2D eigenvalue weighted by atomic mass is 9.80. The fourth-order valence-corrected chi connectivity index (χ4v) is 4.82. The van der Waals surface area contributed by atoms with E-state index in [9.17, 15) is 9.59 Å². The van der Waals surface area contributed by atoms with Gasteiger partial charge >= 0.3 is 11.9 Å². The topological polar surface area (TPSA) is 83.6 Å². The molecule has 158 valence electrons. The molecule has 0 spiro atoms. The smallest absolute Gasteiger partial charge is 0.309 e. The molecule has 7 nitrogen and oxygen atoms in total. The molecule has 6 unspecified atom stereocenters. The quantitative estimate of drug-likeness (QED) is 0.437. The maximum atomic E-state index is 12.5. The number of ether oxygens (including phenoxy) is 5. The number of epoxide rings is 1. The number of fused-ring (bicyclic) bond motifs is 3. The summed E-state index contributed by atoms with van der Waals surface area (Å²) in [6.07, 6.45) is 6.82. The van der Waals surface area contributed by atoms with Crippen molar-refractivity contribution in [2.75, 3.05) is 26.9 Å². The van der Waals surface area contributed by atoms with Crippen molar-refractivity contribution in [3.05, 3.63) is 0 Å². The van der Waals surface area contributed by atoms with Crippen LogP contribution in [0.3, 0.4) is 0 Å². The second-order valence-corrected chi connectivity index (χ2v) is 9.01. The molecule has 0 amide bonds. The molecule has 2 aliphatic carbocycles.